The normalized spacial score (nSPS) is 11.2. The van der Waals surface area contributed by atoms with Crippen molar-refractivity contribution in [2.45, 2.75) is 0 Å². The van der Waals surface area contributed by atoms with Crippen molar-refractivity contribution in [3.63, 3.8) is 0 Å². The van der Waals surface area contributed by atoms with Crippen molar-refractivity contribution >= 4 is 28.6 Å². The van der Waals surface area contributed by atoms with E-state index in [9.17, 15) is 15.2 Å². The lowest BCUT2D eigenvalue weighted by atomic mass is 10.1. The van der Waals surface area contributed by atoms with Gasteiger partial charge in [-0.1, -0.05) is 30.3 Å². The number of methoxy groups -OCH3 is 1. The third kappa shape index (κ3) is 3.63. The molecular formula is C21H15N4O4-. The van der Waals surface area contributed by atoms with Crippen molar-refractivity contribution in [1.29, 1.82) is 0 Å². The summed E-state index contributed by atoms with van der Waals surface area (Å²) in [5.41, 5.74) is 2.63. The summed E-state index contributed by atoms with van der Waals surface area (Å²) in [4.78, 5) is 22.4. The number of nitrogens with one attached hydrogen (secondary N) is 1. The molecule has 0 aliphatic heterocycles. The highest BCUT2D eigenvalue weighted by Crippen LogP contribution is 2.32. The molecule has 144 valence electrons. The van der Waals surface area contributed by atoms with Crippen LogP contribution in [0.3, 0.4) is 0 Å². The Morgan fingerprint density at radius 1 is 1.14 bits per heavy atom. The van der Waals surface area contributed by atoms with Gasteiger partial charge in [0.2, 0.25) is 0 Å². The molecule has 0 bridgehead atoms. The fourth-order valence-corrected chi connectivity index (χ4v) is 2.91. The molecule has 29 heavy (non-hydrogen) atoms. The van der Waals surface area contributed by atoms with E-state index >= 15 is 0 Å². The second-order valence-corrected chi connectivity index (χ2v) is 6.23. The second kappa shape index (κ2) is 7.43. The molecule has 0 fully saturated rings. The number of benzene rings is 3. The number of nitro benzene ring substituents is 1. The van der Waals surface area contributed by atoms with Crippen LogP contribution in [0.15, 0.2) is 65.7 Å². The zero-order chi connectivity index (χ0) is 20.4. The van der Waals surface area contributed by atoms with Gasteiger partial charge in [0.15, 0.2) is 0 Å². The van der Waals surface area contributed by atoms with Gasteiger partial charge in [0.05, 0.1) is 34.8 Å². The van der Waals surface area contributed by atoms with Crippen molar-refractivity contribution in [1.82, 2.24) is 9.97 Å². The molecule has 4 aromatic rings. The number of hydrogen-bond acceptors (Lipinski definition) is 6. The molecule has 1 N–H and O–H groups in total. The Morgan fingerprint density at radius 3 is 2.66 bits per heavy atom. The average Bonchev–Trinajstić information content (AvgIpc) is 3.17. The Kier molecular flexibility index (Phi) is 4.66. The average molecular weight is 387 g/mol. The van der Waals surface area contributed by atoms with Gasteiger partial charge in [0, 0.05) is 11.8 Å². The highest BCUT2D eigenvalue weighted by Gasteiger charge is 2.12. The van der Waals surface area contributed by atoms with Crippen LogP contribution in [0.4, 0.5) is 11.4 Å². The van der Waals surface area contributed by atoms with Gasteiger partial charge in [-0.3, -0.25) is 15.1 Å². The SMILES string of the molecule is COc1cc(C=Nc2ccc3nc(-c4ccccc4)[nH]c3c2)c([O-])c([N+](=O)[O-])c1. The molecule has 3 aromatic carbocycles. The van der Waals surface area contributed by atoms with Crippen LogP contribution in [0.2, 0.25) is 0 Å². The maximum absolute atomic E-state index is 12.3. The minimum Gasteiger partial charge on any atom is -0.867 e. The zero-order valence-electron chi connectivity index (χ0n) is 15.3. The van der Waals surface area contributed by atoms with Crippen LogP contribution in [0, 0.1) is 10.1 Å². The highest BCUT2D eigenvalue weighted by atomic mass is 16.6. The van der Waals surface area contributed by atoms with Crippen molar-refractivity contribution in [3.8, 4) is 22.9 Å². The van der Waals surface area contributed by atoms with E-state index in [0.29, 0.717) is 5.69 Å². The zero-order valence-corrected chi connectivity index (χ0v) is 15.3. The Bertz CT molecular complexity index is 1230. The number of imidazole rings is 1. The van der Waals surface area contributed by atoms with E-state index in [0.717, 1.165) is 28.5 Å². The molecule has 8 heteroatoms. The summed E-state index contributed by atoms with van der Waals surface area (Å²) >= 11 is 0. The first-order chi connectivity index (χ1) is 14.0. The molecule has 0 atom stereocenters. The van der Waals surface area contributed by atoms with Crippen LogP contribution >= 0.6 is 0 Å². The van der Waals surface area contributed by atoms with Crippen molar-refractivity contribution in [3.05, 3.63) is 76.3 Å². The molecule has 0 saturated carbocycles. The third-order valence-corrected chi connectivity index (χ3v) is 4.37. The van der Waals surface area contributed by atoms with Crippen LogP contribution < -0.4 is 9.84 Å². The molecule has 1 aromatic heterocycles. The fourth-order valence-electron chi connectivity index (χ4n) is 2.91. The maximum Gasteiger partial charge on any atom is 0.266 e. The standard InChI is InChI=1S/C21H16N4O4/c1-29-16-9-14(20(26)19(11-16)25(27)28)12-22-15-7-8-17-18(10-15)24-21(23-17)13-5-3-2-4-6-13/h2-12,26H,1H3,(H,23,24)/p-1. The van der Waals surface area contributed by atoms with Gasteiger partial charge in [0.25, 0.3) is 5.69 Å². The van der Waals surface area contributed by atoms with Crippen molar-refractivity contribution < 1.29 is 14.8 Å². The Morgan fingerprint density at radius 2 is 1.93 bits per heavy atom. The van der Waals surface area contributed by atoms with Crippen LogP contribution in [0.1, 0.15) is 5.56 Å². The van der Waals surface area contributed by atoms with E-state index in [1.807, 2.05) is 36.4 Å². The van der Waals surface area contributed by atoms with E-state index in [-0.39, 0.29) is 11.3 Å². The number of nitro groups is 1. The van der Waals surface area contributed by atoms with Gasteiger partial charge in [-0.15, -0.1) is 0 Å². The lowest BCUT2D eigenvalue weighted by molar-refractivity contribution is -0.398. The predicted octanol–water partition coefficient (Wildman–Crippen LogP) is 3.97. The van der Waals surface area contributed by atoms with E-state index in [1.165, 1.54) is 19.4 Å². The molecule has 0 aliphatic carbocycles. The third-order valence-electron chi connectivity index (χ3n) is 4.37. The Labute approximate surface area is 165 Å². The van der Waals surface area contributed by atoms with E-state index in [2.05, 4.69) is 15.0 Å². The lowest BCUT2D eigenvalue weighted by Crippen LogP contribution is -2.03. The molecule has 0 unspecified atom stereocenters. The molecule has 0 saturated heterocycles. The minimum absolute atomic E-state index is 0.0748. The molecule has 1 heterocycles. The smallest absolute Gasteiger partial charge is 0.266 e. The van der Waals surface area contributed by atoms with Gasteiger partial charge in [-0.2, -0.15) is 0 Å². The predicted molar refractivity (Wildman–Crippen MR) is 108 cm³/mol. The van der Waals surface area contributed by atoms with Crippen LogP contribution in [0.5, 0.6) is 11.5 Å². The van der Waals surface area contributed by atoms with Crippen molar-refractivity contribution in [2.24, 2.45) is 4.99 Å². The number of hydrogen-bond donors (Lipinski definition) is 1. The summed E-state index contributed by atoms with van der Waals surface area (Å²) in [5.74, 6) is 0.245. The van der Waals surface area contributed by atoms with Gasteiger partial charge in [0.1, 0.15) is 11.6 Å². The number of rotatable bonds is 5. The summed E-state index contributed by atoms with van der Waals surface area (Å²) in [6, 6.07) is 17.6. The van der Waals surface area contributed by atoms with E-state index < -0.39 is 16.4 Å². The topological polar surface area (TPSA) is 116 Å². The largest absolute Gasteiger partial charge is 0.867 e. The van der Waals surface area contributed by atoms with Gasteiger partial charge in [-0.25, -0.2) is 4.98 Å². The van der Waals surface area contributed by atoms with Crippen molar-refractivity contribution in [2.75, 3.05) is 7.11 Å². The summed E-state index contributed by atoms with van der Waals surface area (Å²) in [5, 5.41) is 23.3. The number of aromatic amines is 1. The first-order valence-electron chi connectivity index (χ1n) is 8.68. The Balaban J connectivity index is 1.68. The monoisotopic (exact) mass is 387 g/mol. The maximum atomic E-state index is 12.3. The van der Waals surface area contributed by atoms with E-state index in [4.69, 9.17) is 4.74 Å². The first-order valence-corrected chi connectivity index (χ1v) is 8.68. The molecule has 0 aliphatic rings. The fraction of sp³-hybridized carbons (Fsp3) is 0.0476. The minimum atomic E-state index is -0.732. The molecule has 0 amide bonds. The molecule has 8 nitrogen and oxygen atoms in total. The second-order valence-electron chi connectivity index (χ2n) is 6.23. The first kappa shape index (κ1) is 18.2. The summed E-state index contributed by atoms with van der Waals surface area (Å²) in [7, 11) is 1.38. The number of aromatic nitrogens is 2. The van der Waals surface area contributed by atoms with Gasteiger partial charge in [-0.05, 0) is 35.6 Å². The molecule has 0 spiro atoms. The number of H-pyrrole nitrogens is 1. The summed E-state index contributed by atoms with van der Waals surface area (Å²) < 4.78 is 5.04. The van der Waals surface area contributed by atoms with Gasteiger partial charge < -0.3 is 14.8 Å². The van der Waals surface area contributed by atoms with E-state index in [1.54, 1.807) is 12.1 Å². The number of nitrogens with zero attached hydrogens (tertiary/aromatic N) is 3. The van der Waals surface area contributed by atoms with Crippen LogP contribution in [-0.4, -0.2) is 28.2 Å². The summed E-state index contributed by atoms with van der Waals surface area (Å²) in [6.45, 7) is 0. The van der Waals surface area contributed by atoms with Crippen LogP contribution in [0.25, 0.3) is 22.4 Å². The number of aliphatic imine (C=N–C) groups is 1. The number of fused-ring (bicyclic) bond motifs is 1. The lowest BCUT2D eigenvalue weighted by Gasteiger charge is -2.12. The molecule has 0 radical (unpaired) electrons. The van der Waals surface area contributed by atoms with Crippen LogP contribution in [-0.2, 0) is 0 Å². The molecular weight excluding hydrogens is 372 g/mol. The molecule has 4 rings (SSSR count). The summed E-state index contributed by atoms with van der Waals surface area (Å²) in [6.07, 6.45) is 1.30. The highest BCUT2D eigenvalue weighted by molar-refractivity contribution is 5.89. The Hall–Kier alpha value is -4.20. The van der Waals surface area contributed by atoms with Gasteiger partial charge >= 0.3 is 0 Å². The quantitative estimate of drug-likeness (QED) is 0.316. The number of ether oxygens (including phenoxy) is 1.